The lowest BCUT2D eigenvalue weighted by Crippen LogP contribution is -2.53. The molecule has 0 saturated heterocycles. The number of benzene rings is 3. The molecule has 0 radical (unpaired) electrons. The van der Waals surface area contributed by atoms with Crippen molar-refractivity contribution in [2.45, 2.75) is 23.8 Å². The van der Waals surface area contributed by atoms with Crippen LogP contribution >= 0.6 is 0 Å². The molecule has 3 rings (SSSR count). The summed E-state index contributed by atoms with van der Waals surface area (Å²) in [6.45, 7) is 0. The van der Waals surface area contributed by atoms with E-state index in [-0.39, 0.29) is 12.8 Å². The number of halogens is 2. The summed E-state index contributed by atoms with van der Waals surface area (Å²) in [5.74, 6) is -2.84. The molecule has 2 amide bonds. The van der Waals surface area contributed by atoms with Crippen molar-refractivity contribution in [2.24, 2.45) is 0 Å². The molecule has 0 saturated carbocycles. The Bertz CT molecular complexity index is 1220. The van der Waals surface area contributed by atoms with Crippen LogP contribution in [0.15, 0.2) is 83.8 Å². The maximum atomic E-state index is 14.0. The van der Waals surface area contributed by atoms with Crippen LogP contribution in [-0.4, -0.2) is 26.3 Å². The Kier molecular flexibility index (Phi) is 7.86. The topological polar surface area (TPSA) is 104 Å². The number of amides is 2. The zero-order valence-corrected chi connectivity index (χ0v) is 18.1. The number of carbonyl (C=O) groups excluding carboxylic acids is 2. The van der Waals surface area contributed by atoms with E-state index in [9.17, 15) is 26.8 Å². The van der Waals surface area contributed by atoms with E-state index in [1.165, 1.54) is 36.4 Å². The maximum Gasteiger partial charge on any atom is 0.256 e. The van der Waals surface area contributed by atoms with Gasteiger partial charge in [-0.05, 0) is 41.8 Å². The Labute approximate surface area is 189 Å². The minimum Gasteiger partial charge on any atom is -0.273 e. The molecule has 0 heterocycles. The summed E-state index contributed by atoms with van der Waals surface area (Å²) in [6, 6.07) is 17.3. The molecule has 10 heteroatoms. The highest BCUT2D eigenvalue weighted by Crippen LogP contribution is 2.15. The molecule has 0 aliphatic heterocycles. The van der Waals surface area contributed by atoms with E-state index in [1.54, 1.807) is 30.3 Å². The molecule has 0 spiro atoms. The van der Waals surface area contributed by atoms with Gasteiger partial charge < -0.3 is 0 Å². The Hall–Kier alpha value is -3.63. The van der Waals surface area contributed by atoms with Gasteiger partial charge in [-0.1, -0.05) is 54.6 Å². The fourth-order valence-electron chi connectivity index (χ4n) is 3.00. The van der Waals surface area contributed by atoms with E-state index in [0.29, 0.717) is 11.1 Å². The molecular weight excluding hydrogens is 452 g/mol. The lowest BCUT2D eigenvalue weighted by Gasteiger charge is -2.19. The van der Waals surface area contributed by atoms with Gasteiger partial charge in [0.25, 0.3) is 5.91 Å². The molecule has 3 N–H and O–H groups in total. The molecule has 172 valence electrons. The number of carbonyl (C=O) groups is 2. The Morgan fingerprint density at radius 1 is 0.788 bits per heavy atom. The van der Waals surface area contributed by atoms with Crippen LogP contribution in [0.25, 0.3) is 0 Å². The number of hydrogen-bond acceptors (Lipinski definition) is 4. The number of hydrogen-bond donors (Lipinski definition) is 3. The molecule has 0 fully saturated rings. The van der Waals surface area contributed by atoms with Crippen molar-refractivity contribution in [3.8, 4) is 0 Å². The average Bonchev–Trinajstić information content (AvgIpc) is 2.79. The third kappa shape index (κ3) is 6.93. The van der Waals surface area contributed by atoms with Crippen molar-refractivity contribution in [1.29, 1.82) is 0 Å². The van der Waals surface area contributed by atoms with Gasteiger partial charge in [0.1, 0.15) is 22.6 Å². The first-order valence-corrected chi connectivity index (χ1v) is 11.4. The first kappa shape index (κ1) is 24.0. The molecule has 0 aliphatic carbocycles. The highest BCUT2D eigenvalue weighted by Gasteiger charge is 2.28. The molecule has 33 heavy (non-hydrogen) atoms. The van der Waals surface area contributed by atoms with E-state index in [1.807, 2.05) is 0 Å². The second-order valence-corrected chi connectivity index (χ2v) is 8.82. The zero-order valence-electron chi connectivity index (χ0n) is 17.3. The molecule has 1 atom stereocenters. The van der Waals surface area contributed by atoms with Crippen LogP contribution < -0.4 is 15.6 Å². The van der Waals surface area contributed by atoms with Crippen LogP contribution in [0.4, 0.5) is 8.78 Å². The molecule has 3 aromatic rings. The molecule has 3 aromatic carbocycles. The van der Waals surface area contributed by atoms with Gasteiger partial charge in [-0.15, -0.1) is 0 Å². The van der Waals surface area contributed by atoms with Gasteiger partial charge in [0.2, 0.25) is 15.9 Å². The fraction of sp³-hybridized carbons (Fsp3) is 0.130. The van der Waals surface area contributed by atoms with Gasteiger partial charge in [-0.25, -0.2) is 17.2 Å². The second-order valence-electron chi connectivity index (χ2n) is 7.13. The largest absolute Gasteiger partial charge is 0.273 e. The highest BCUT2D eigenvalue weighted by atomic mass is 32.2. The van der Waals surface area contributed by atoms with Gasteiger partial charge in [-0.2, -0.15) is 4.72 Å². The predicted octanol–water partition coefficient (Wildman–Crippen LogP) is 2.24. The number of nitrogens with one attached hydrogen (secondary N) is 3. The Morgan fingerprint density at radius 3 is 2.09 bits per heavy atom. The maximum absolute atomic E-state index is 14.0. The smallest absolute Gasteiger partial charge is 0.256 e. The number of rotatable bonds is 8. The average molecular weight is 474 g/mol. The van der Waals surface area contributed by atoms with Gasteiger partial charge >= 0.3 is 0 Å². The number of hydrazine groups is 1. The summed E-state index contributed by atoms with van der Waals surface area (Å²) in [7, 11) is -4.38. The standard InChI is InChI=1S/C23H21F2N3O4S/c24-18-12-10-17(11-13-18)15-22(29)26-27-23(30)20(14-16-6-2-1-3-7-16)28-33(31,32)21-9-5-4-8-19(21)25/h1-13,20,28H,14-15H2,(H,26,29)(H,27,30). The highest BCUT2D eigenvalue weighted by molar-refractivity contribution is 7.89. The van der Waals surface area contributed by atoms with Crippen LogP contribution in [-0.2, 0) is 32.5 Å². The zero-order chi connectivity index (χ0) is 23.8. The molecule has 0 bridgehead atoms. The summed E-state index contributed by atoms with van der Waals surface area (Å²) < 4.78 is 54.7. The van der Waals surface area contributed by atoms with E-state index in [4.69, 9.17) is 0 Å². The van der Waals surface area contributed by atoms with Crippen LogP contribution in [0.5, 0.6) is 0 Å². The van der Waals surface area contributed by atoms with Crippen molar-refractivity contribution in [3.63, 3.8) is 0 Å². The van der Waals surface area contributed by atoms with Crippen molar-refractivity contribution >= 4 is 21.8 Å². The second kappa shape index (κ2) is 10.8. The third-order valence-corrected chi connectivity index (χ3v) is 6.13. The Morgan fingerprint density at radius 2 is 1.42 bits per heavy atom. The lowest BCUT2D eigenvalue weighted by atomic mass is 10.1. The summed E-state index contributed by atoms with van der Waals surface area (Å²) >= 11 is 0. The summed E-state index contributed by atoms with van der Waals surface area (Å²) in [4.78, 5) is 24.3. The van der Waals surface area contributed by atoms with Gasteiger partial charge in [0.05, 0.1) is 6.42 Å². The van der Waals surface area contributed by atoms with E-state index >= 15 is 0 Å². The van der Waals surface area contributed by atoms with E-state index in [2.05, 4.69) is 15.6 Å². The van der Waals surface area contributed by atoms with Crippen LogP contribution in [0, 0.1) is 11.6 Å². The van der Waals surface area contributed by atoms with Crippen LogP contribution in [0.3, 0.4) is 0 Å². The third-order valence-electron chi connectivity index (χ3n) is 4.63. The van der Waals surface area contributed by atoms with Crippen LogP contribution in [0.1, 0.15) is 11.1 Å². The fourth-order valence-corrected chi connectivity index (χ4v) is 4.28. The molecule has 7 nitrogen and oxygen atoms in total. The quantitative estimate of drug-likeness (QED) is 0.437. The molecule has 1 unspecified atom stereocenters. The van der Waals surface area contributed by atoms with E-state index in [0.717, 1.165) is 12.1 Å². The summed E-state index contributed by atoms with van der Waals surface area (Å²) in [6.07, 6.45) is -0.181. The predicted molar refractivity (Wildman–Crippen MR) is 117 cm³/mol. The Balaban J connectivity index is 1.71. The van der Waals surface area contributed by atoms with Gasteiger partial charge in [-0.3, -0.25) is 20.4 Å². The van der Waals surface area contributed by atoms with Crippen molar-refractivity contribution < 1.29 is 26.8 Å². The SMILES string of the molecule is O=C(Cc1ccc(F)cc1)NNC(=O)C(Cc1ccccc1)NS(=O)(=O)c1ccccc1F. The first-order valence-electron chi connectivity index (χ1n) is 9.88. The van der Waals surface area contributed by atoms with Crippen molar-refractivity contribution in [3.05, 3.63) is 102 Å². The van der Waals surface area contributed by atoms with Gasteiger partial charge in [0, 0.05) is 0 Å². The van der Waals surface area contributed by atoms with E-state index < -0.39 is 44.4 Å². The summed E-state index contributed by atoms with van der Waals surface area (Å²) in [5.41, 5.74) is 5.56. The molecule has 0 aromatic heterocycles. The summed E-state index contributed by atoms with van der Waals surface area (Å²) in [5, 5.41) is 0. The number of sulfonamides is 1. The van der Waals surface area contributed by atoms with Gasteiger partial charge in [0.15, 0.2) is 0 Å². The first-order chi connectivity index (χ1) is 15.7. The molecule has 0 aliphatic rings. The minimum atomic E-state index is -4.38. The van der Waals surface area contributed by atoms with Crippen molar-refractivity contribution in [2.75, 3.05) is 0 Å². The monoisotopic (exact) mass is 473 g/mol. The minimum absolute atomic E-state index is 0.0474. The van der Waals surface area contributed by atoms with Crippen LogP contribution in [0.2, 0.25) is 0 Å². The lowest BCUT2D eigenvalue weighted by molar-refractivity contribution is -0.129. The normalized spacial score (nSPS) is 12.1. The van der Waals surface area contributed by atoms with Crippen molar-refractivity contribution in [1.82, 2.24) is 15.6 Å². The molecular formula is C23H21F2N3O4S.